The van der Waals surface area contributed by atoms with Gasteiger partial charge in [-0.2, -0.15) is 12.6 Å². The van der Waals surface area contributed by atoms with Gasteiger partial charge in [0, 0.05) is 10.6 Å². The average molecular weight is 201 g/mol. The first-order valence-corrected chi connectivity index (χ1v) is 4.57. The number of hydrogen-bond acceptors (Lipinski definition) is 2. The maximum absolute atomic E-state index is 5.86. The molecule has 0 fully saturated rings. The average Bonchev–Trinajstić information content (AvgIpc) is 2.28. The lowest BCUT2D eigenvalue weighted by Crippen LogP contribution is -2.14. The van der Waals surface area contributed by atoms with E-state index in [0.29, 0.717) is 6.61 Å². The summed E-state index contributed by atoms with van der Waals surface area (Å²) in [6.07, 6.45) is 0. The minimum Gasteiger partial charge on any atom is -0.491 e. The zero-order valence-corrected chi connectivity index (χ0v) is 8.32. The van der Waals surface area contributed by atoms with Gasteiger partial charge in [-0.25, -0.2) is 0 Å². The fourth-order valence-electron chi connectivity index (χ4n) is 1.34. The van der Waals surface area contributed by atoms with Gasteiger partial charge in [0.2, 0.25) is 0 Å². The van der Waals surface area contributed by atoms with E-state index < -0.39 is 0 Å². The Morgan fingerprint density at radius 3 is 3.08 bits per heavy atom. The maximum atomic E-state index is 5.86. The first-order chi connectivity index (χ1) is 5.59. The van der Waals surface area contributed by atoms with Gasteiger partial charge in [0.25, 0.3) is 0 Å². The largest absolute Gasteiger partial charge is 0.491 e. The molecule has 0 radical (unpaired) electrons. The molecular formula is C9H9ClOS. The van der Waals surface area contributed by atoms with Crippen LogP contribution in [0.2, 0.25) is 5.02 Å². The van der Waals surface area contributed by atoms with Crippen LogP contribution < -0.4 is 4.74 Å². The number of rotatable bonds is 0. The van der Waals surface area contributed by atoms with Crippen LogP contribution in [0.3, 0.4) is 0 Å². The molecule has 0 bridgehead atoms. The molecule has 64 valence electrons. The van der Waals surface area contributed by atoms with Crippen molar-refractivity contribution in [3.05, 3.63) is 28.8 Å². The van der Waals surface area contributed by atoms with Crippen molar-refractivity contribution in [2.24, 2.45) is 0 Å². The molecule has 3 heteroatoms. The molecule has 1 nitrogen and oxygen atoms in total. The first-order valence-electron chi connectivity index (χ1n) is 3.75. The standard InChI is InChI=1S/C9H9ClOS/c1-9(12)5-11-8-3-2-6(10)4-7(8)9/h2-4,12H,5H2,1H3. The molecule has 1 aliphatic rings. The van der Waals surface area contributed by atoms with Gasteiger partial charge < -0.3 is 4.74 Å². The van der Waals surface area contributed by atoms with Crippen LogP contribution >= 0.6 is 24.2 Å². The zero-order valence-electron chi connectivity index (χ0n) is 6.67. The predicted octanol–water partition coefficient (Wildman–Crippen LogP) is 2.88. The molecule has 1 aliphatic heterocycles. The van der Waals surface area contributed by atoms with E-state index >= 15 is 0 Å². The molecule has 0 saturated heterocycles. The minimum atomic E-state index is -0.194. The highest BCUT2D eigenvalue weighted by molar-refractivity contribution is 7.81. The molecule has 1 heterocycles. The summed E-state index contributed by atoms with van der Waals surface area (Å²) in [6, 6.07) is 5.63. The first kappa shape index (κ1) is 8.27. The Kier molecular flexibility index (Phi) is 1.77. The highest BCUT2D eigenvalue weighted by Crippen LogP contribution is 2.42. The summed E-state index contributed by atoms with van der Waals surface area (Å²) < 4.78 is 5.24. The number of hydrogen-bond donors (Lipinski definition) is 1. The summed E-state index contributed by atoms with van der Waals surface area (Å²) in [7, 11) is 0. The van der Waals surface area contributed by atoms with Crippen LogP contribution in [-0.2, 0) is 4.75 Å². The molecule has 1 aromatic rings. The third-order valence-corrected chi connectivity index (χ3v) is 2.64. The molecule has 12 heavy (non-hydrogen) atoms. The van der Waals surface area contributed by atoms with Crippen molar-refractivity contribution < 1.29 is 4.74 Å². The van der Waals surface area contributed by atoms with E-state index in [-0.39, 0.29) is 4.75 Å². The fourth-order valence-corrected chi connectivity index (χ4v) is 1.76. The van der Waals surface area contributed by atoms with Crippen molar-refractivity contribution in [1.82, 2.24) is 0 Å². The molecule has 1 aromatic carbocycles. The van der Waals surface area contributed by atoms with E-state index in [2.05, 4.69) is 12.6 Å². The number of benzene rings is 1. The van der Waals surface area contributed by atoms with Gasteiger partial charge in [0.1, 0.15) is 12.4 Å². The third kappa shape index (κ3) is 1.19. The number of halogens is 1. The Balaban J connectivity index is 2.57. The van der Waals surface area contributed by atoms with E-state index in [4.69, 9.17) is 16.3 Å². The van der Waals surface area contributed by atoms with E-state index in [1.165, 1.54) is 0 Å². The lowest BCUT2D eigenvalue weighted by Gasteiger charge is -2.13. The highest BCUT2D eigenvalue weighted by atomic mass is 35.5. The van der Waals surface area contributed by atoms with E-state index in [1.807, 2.05) is 25.1 Å². The summed E-state index contributed by atoms with van der Waals surface area (Å²) in [5.74, 6) is 0.900. The molecule has 0 spiro atoms. The quantitative estimate of drug-likeness (QED) is 0.634. The predicted molar refractivity (Wildman–Crippen MR) is 53.3 cm³/mol. The van der Waals surface area contributed by atoms with Crippen LogP contribution in [0.15, 0.2) is 18.2 Å². The second-order valence-corrected chi connectivity index (χ2v) is 4.63. The van der Waals surface area contributed by atoms with Crippen LogP contribution in [0.5, 0.6) is 5.75 Å². The van der Waals surface area contributed by atoms with E-state index in [1.54, 1.807) is 0 Å². The molecule has 0 aromatic heterocycles. The Bertz CT molecular complexity index is 322. The van der Waals surface area contributed by atoms with Gasteiger partial charge in [0.15, 0.2) is 0 Å². The number of ether oxygens (including phenoxy) is 1. The lowest BCUT2D eigenvalue weighted by molar-refractivity contribution is 0.326. The summed E-state index contributed by atoms with van der Waals surface area (Å²) in [5.41, 5.74) is 1.08. The third-order valence-electron chi connectivity index (χ3n) is 2.03. The zero-order chi connectivity index (χ0) is 8.77. The summed E-state index contributed by atoms with van der Waals surface area (Å²) in [4.78, 5) is 0. The minimum absolute atomic E-state index is 0.194. The van der Waals surface area contributed by atoms with Crippen LogP contribution in [0, 0.1) is 0 Å². The Morgan fingerprint density at radius 2 is 2.33 bits per heavy atom. The molecule has 0 saturated carbocycles. The molecule has 1 atom stereocenters. The number of fused-ring (bicyclic) bond motifs is 1. The van der Waals surface area contributed by atoms with Crippen molar-refractivity contribution in [3.8, 4) is 5.75 Å². The van der Waals surface area contributed by atoms with Crippen molar-refractivity contribution in [3.63, 3.8) is 0 Å². The summed E-state index contributed by atoms with van der Waals surface area (Å²) in [5, 5.41) is 0.736. The van der Waals surface area contributed by atoms with Crippen molar-refractivity contribution in [1.29, 1.82) is 0 Å². The fraction of sp³-hybridized carbons (Fsp3) is 0.333. The normalized spacial score (nSPS) is 26.6. The van der Waals surface area contributed by atoms with Crippen molar-refractivity contribution in [2.45, 2.75) is 11.7 Å². The van der Waals surface area contributed by atoms with Gasteiger partial charge in [-0.1, -0.05) is 11.6 Å². The van der Waals surface area contributed by atoms with Crippen LogP contribution in [0.4, 0.5) is 0 Å². The van der Waals surface area contributed by atoms with Gasteiger partial charge in [-0.3, -0.25) is 0 Å². The van der Waals surface area contributed by atoms with E-state index in [0.717, 1.165) is 16.3 Å². The van der Waals surface area contributed by atoms with Crippen molar-refractivity contribution >= 4 is 24.2 Å². The van der Waals surface area contributed by atoms with Gasteiger partial charge in [0.05, 0.1) is 4.75 Å². The molecule has 0 aliphatic carbocycles. The Labute approximate surface area is 82.1 Å². The van der Waals surface area contributed by atoms with E-state index in [9.17, 15) is 0 Å². The van der Waals surface area contributed by atoms with Gasteiger partial charge >= 0.3 is 0 Å². The van der Waals surface area contributed by atoms with Crippen LogP contribution in [0.1, 0.15) is 12.5 Å². The topological polar surface area (TPSA) is 9.23 Å². The second kappa shape index (κ2) is 2.57. The Hall–Kier alpha value is -0.340. The van der Waals surface area contributed by atoms with Gasteiger partial charge in [-0.05, 0) is 25.1 Å². The smallest absolute Gasteiger partial charge is 0.124 e. The Morgan fingerprint density at radius 1 is 1.58 bits per heavy atom. The maximum Gasteiger partial charge on any atom is 0.124 e. The lowest BCUT2D eigenvalue weighted by atomic mass is 10.0. The van der Waals surface area contributed by atoms with Crippen LogP contribution in [-0.4, -0.2) is 6.61 Å². The molecule has 0 amide bonds. The molecule has 2 rings (SSSR count). The summed E-state index contributed by atoms with van der Waals surface area (Å²) in [6.45, 7) is 2.64. The summed E-state index contributed by atoms with van der Waals surface area (Å²) >= 11 is 10.4. The molecule has 0 N–H and O–H groups in total. The van der Waals surface area contributed by atoms with Gasteiger partial charge in [-0.15, -0.1) is 0 Å². The molecule has 1 unspecified atom stereocenters. The van der Waals surface area contributed by atoms with Crippen LogP contribution in [0.25, 0.3) is 0 Å². The highest BCUT2D eigenvalue weighted by Gasteiger charge is 2.32. The SMILES string of the molecule is CC1(S)COc2ccc(Cl)cc21. The number of thiol groups is 1. The van der Waals surface area contributed by atoms with Crippen molar-refractivity contribution in [2.75, 3.05) is 6.61 Å². The second-order valence-electron chi connectivity index (χ2n) is 3.20. The monoisotopic (exact) mass is 200 g/mol. The molecular weight excluding hydrogens is 192 g/mol.